The summed E-state index contributed by atoms with van der Waals surface area (Å²) in [6, 6.07) is 7.11. The lowest BCUT2D eigenvalue weighted by atomic mass is 10.1. The summed E-state index contributed by atoms with van der Waals surface area (Å²) < 4.78 is 12.8. The summed E-state index contributed by atoms with van der Waals surface area (Å²) in [6.45, 7) is 9.38. The van der Waals surface area contributed by atoms with E-state index in [-0.39, 0.29) is 27.8 Å². The van der Waals surface area contributed by atoms with Crippen LogP contribution in [0, 0.1) is 6.92 Å². The minimum Gasteiger partial charge on any atom is -0.481 e. The van der Waals surface area contributed by atoms with Crippen LogP contribution < -0.4 is 15.8 Å². The van der Waals surface area contributed by atoms with E-state index >= 15 is 0 Å². The van der Waals surface area contributed by atoms with Crippen molar-refractivity contribution in [1.82, 2.24) is 14.8 Å². The third-order valence-electron chi connectivity index (χ3n) is 5.00. The smallest absolute Gasteiger partial charge is 0.341 e. The number of nitrogens with zero attached hydrogens (tertiary/aromatic N) is 3. The highest BCUT2D eigenvalue weighted by Gasteiger charge is 2.26. The van der Waals surface area contributed by atoms with Crippen molar-refractivity contribution in [2.24, 2.45) is 5.73 Å². The molecule has 2 aromatic heterocycles. The summed E-state index contributed by atoms with van der Waals surface area (Å²) in [5.41, 5.74) is 5.90. The number of primary amides is 1. The number of esters is 1. The topological polar surface area (TPSA) is 138 Å². The first-order valence-electron chi connectivity index (χ1n) is 11.2. The van der Waals surface area contributed by atoms with Crippen LogP contribution in [-0.4, -0.2) is 44.9 Å². The minimum absolute atomic E-state index is 0.0415. The molecule has 1 unspecified atom stereocenters. The Morgan fingerprint density at radius 2 is 2.05 bits per heavy atom. The fraction of sp³-hybridized carbons (Fsp3) is 0.292. The van der Waals surface area contributed by atoms with Crippen LogP contribution in [0.5, 0.6) is 5.75 Å². The number of benzene rings is 1. The van der Waals surface area contributed by atoms with Gasteiger partial charge in [0.05, 0.1) is 27.8 Å². The molecule has 1 aromatic carbocycles. The predicted octanol–water partition coefficient (Wildman–Crippen LogP) is 4.63. The van der Waals surface area contributed by atoms with E-state index in [2.05, 4.69) is 22.1 Å². The second kappa shape index (κ2) is 12.7. The van der Waals surface area contributed by atoms with Crippen molar-refractivity contribution >= 4 is 57.5 Å². The van der Waals surface area contributed by atoms with Crippen LogP contribution in [0.3, 0.4) is 0 Å². The number of para-hydroxylation sites is 1. The number of halogens is 1. The van der Waals surface area contributed by atoms with Crippen LogP contribution in [0.15, 0.2) is 42.1 Å². The number of hydrogen-bond donors (Lipinski definition) is 2. The molecule has 0 bridgehead atoms. The number of nitrogens with one attached hydrogen (secondary N) is 1. The summed E-state index contributed by atoms with van der Waals surface area (Å²) in [5, 5.41) is 12.3. The molecular formula is C24H26ClN5O5S2. The van der Waals surface area contributed by atoms with Crippen LogP contribution in [0.4, 0.5) is 5.00 Å². The Labute approximate surface area is 227 Å². The van der Waals surface area contributed by atoms with Gasteiger partial charge in [-0.05, 0) is 38.5 Å². The van der Waals surface area contributed by atoms with Gasteiger partial charge in [-0.3, -0.25) is 14.2 Å². The number of thiophene rings is 1. The number of anilines is 1. The highest BCUT2D eigenvalue weighted by atomic mass is 35.5. The van der Waals surface area contributed by atoms with Crippen LogP contribution in [0.2, 0.25) is 5.02 Å². The first-order valence-corrected chi connectivity index (χ1v) is 13.3. The van der Waals surface area contributed by atoms with Crippen molar-refractivity contribution in [2.75, 3.05) is 17.7 Å². The molecule has 0 spiro atoms. The first-order chi connectivity index (χ1) is 17.7. The molecule has 0 aliphatic carbocycles. The molecule has 2 heterocycles. The van der Waals surface area contributed by atoms with Crippen molar-refractivity contribution in [1.29, 1.82) is 0 Å². The van der Waals surface area contributed by atoms with E-state index in [1.807, 2.05) is 19.1 Å². The van der Waals surface area contributed by atoms with E-state index < -0.39 is 23.9 Å². The number of amides is 2. The van der Waals surface area contributed by atoms with Gasteiger partial charge in [-0.15, -0.1) is 28.1 Å². The summed E-state index contributed by atoms with van der Waals surface area (Å²) in [5.74, 6) is -0.747. The van der Waals surface area contributed by atoms with E-state index in [9.17, 15) is 14.4 Å². The standard InChI is InChI=1S/C24H26ClN5O5S2/c1-5-11-30-21(14(4)35-16-10-8-7-9-15(16)25)28-29-24(30)36-12-17(31)27-22-18(23(33)34-6-2)13(3)19(37-22)20(26)32/h5,7-10,14H,1,6,11-12H2,2-4H3,(H2,26,32)(H,27,31). The zero-order chi connectivity index (χ0) is 27.1. The predicted molar refractivity (Wildman–Crippen MR) is 144 cm³/mol. The summed E-state index contributed by atoms with van der Waals surface area (Å²) >= 11 is 8.28. The van der Waals surface area contributed by atoms with Crippen LogP contribution >= 0.6 is 34.7 Å². The Morgan fingerprint density at radius 3 is 2.70 bits per heavy atom. The quantitative estimate of drug-likeness (QED) is 0.185. The number of hydrogen-bond acceptors (Lipinski definition) is 9. The van der Waals surface area contributed by atoms with Gasteiger partial charge in [-0.25, -0.2) is 4.79 Å². The lowest BCUT2D eigenvalue weighted by Crippen LogP contribution is -2.17. The van der Waals surface area contributed by atoms with Crippen molar-refractivity contribution in [3.05, 3.63) is 63.8 Å². The molecule has 0 aliphatic rings. The average Bonchev–Trinajstić information content (AvgIpc) is 3.40. The second-order valence-electron chi connectivity index (χ2n) is 7.61. The van der Waals surface area contributed by atoms with Crippen molar-refractivity contribution in [3.8, 4) is 5.75 Å². The zero-order valence-corrected chi connectivity index (χ0v) is 22.8. The third-order valence-corrected chi connectivity index (χ3v) is 7.50. The number of allylic oxidation sites excluding steroid dienone is 1. The Balaban J connectivity index is 1.75. The fourth-order valence-electron chi connectivity index (χ4n) is 3.37. The summed E-state index contributed by atoms with van der Waals surface area (Å²) in [4.78, 5) is 37.2. The lowest BCUT2D eigenvalue weighted by Gasteiger charge is -2.16. The highest BCUT2D eigenvalue weighted by molar-refractivity contribution is 7.99. The van der Waals surface area contributed by atoms with E-state index in [1.165, 1.54) is 0 Å². The fourth-order valence-corrected chi connectivity index (χ4v) is 5.37. The summed E-state index contributed by atoms with van der Waals surface area (Å²) in [7, 11) is 0. The van der Waals surface area contributed by atoms with Crippen molar-refractivity contribution in [3.63, 3.8) is 0 Å². The van der Waals surface area contributed by atoms with Crippen LogP contribution in [0.1, 0.15) is 51.4 Å². The van der Waals surface area contributed by atoms with E-state index in [0.29, 0.717) is 33.9 Å². The molecule has 0 aliphatic heterocycles. The number of ether oxygens (including phenoxy) is 2. The highest BCUT2D eigenvalue weighted by Crippen LogP contribution is 2.34. The van der Waals surface area contributed by atoms with Crippen LogP contribution in [0.25, 0.3) is 0 Å². The molecule has 3 rings (SSSR count). The normalized spacial score (nSPS) is 11.6. The van der Waals surface area contributed by atoms with E-state index in [1.54, 1.807) is 36.6 Å². The molecule has 3 aromatic rings. The van der Waals surface area contributed by atoms with Gasteiger partial charge in [-0.1, -0.05) is 41.6 Å². The molecule has 37 heavy (non-hydrogen) atoms. The molecule has 3 N–H and O–H groups in total. The zero-order valence-electron chi connectivity index (χ0n) is 20.4. The Morgan fingerprint density at radius 1 is 1.32 bits per heavy atom. The number of thioether (sulfide) groups is 1. The molecule has 196 valence electrons. The maximum atomic E-state index is 12.8. The molecule has 2 amide bonds. The van der Waals surface area contributed by atoms with Crippen LogP contribution in [-0.2, 0) is 16.1 Å². The molecule has 0 saturated heterocycles. The molecular weight excluding hydrogens is 538 g/mol. The van der Waals surface area contributed by atoms with Crippen molar-refractivity contribution in [2.45, 2.75) is 38.6 Å². The maximum Gasteiger partial charge on any atom is 0.341 e. The number of nitrogens with two attached hydrogens (primary N) is 1. The third kappa shape index (κ3) is 6.70. The second-order valence-corrected chi connectivity index (χ2v) is 9.98. The van der Waals surface area contributed by atoms with Gasteiger partial charge >= 0.3 is 5.97 Å². The SMILES string of the molecule is C=CCn1c(SCC(=O)Nc2sc(C(N)=O)c(C)c2C(=O)OCC)nnc1C(C)Oc1ccccc1Cl. The van der Waals surface area contributed by atoms with Gasteiger partial charge in [0.15, 0.2) is 17.1 Å². The van der Waals surface area contributed by atoms with Gasteiger partial charge in [0.25, 0.3) is 5.91 Å². The van der Waals surface area contributed by atoms with Gasteiger partial charge < -0.3 is 20.5 Å². The molecule has 1 atom stereocenters. The van der Waals surface area contributed by atoms with Gasteiger partial charge in [-0.2, -0.15) is 0 Å². The maximum absolute atomic E-state index is 12.8. The Kier molecular flexibility index (Phi) is 9.73. The first kappa shape index (κ1) is 28.2. The molecule has 0 saturated carbocycles. The molecule has 0 radical (unpaired) electrons. The van der Waals surface area contributed by atoms with E-state index in [4.69, 9.17) is 26.8 Å². The average molecular weight is 564 g/mol. The monoisotopic (exact) mass is 563 g/mol. The van der Waals surface area contributed by atoms with E-state index in [0.717, 1.165) is 23.1 Å². The lowest BCUT2D eigenvalue weighted by molar-refractivity contribution is -0.113. The largest absolute Gasteiger partial charge is 0.481 e. The Hall–Kier alpha value is -3.35. The number of carbonyl (C=O) groups is 3. The number of aromatic nitrogens is 3. The summed E-state index contributed by atoms with van der Waals surface area (Å²) in [6.07, 6.45) is 1.20. The molecule has 10 nitrogen and oxygen atoms in total. The van der Waals surface area contributed by atoms with Crippen molar-refractivity contribution < 1.29 is 23.9 Å². The molecule has 13 heteroatoms. The minimum atomic E-state index is -0.693. The van der Waals surface area contributed by atoms with Gasteiger partial charge in [0, 0.05) is 6.54 Å². The molecule has 0 fully saturated rings. The number of rotatable bonds is 12. The number of carbonyl (C=O) groups excluding carboxylic acids is 3. The Bertz CT molecular complexity index is 1320. The van der Waals surface area contributed by atoms with Gasteiger partial charge in [0.1, 0.15) is 10.8 Å². The van der Waals surface area contributed by atoms with Gasteiger partial charge in [0.2, 0.25) is 5.91 Å².